The minimum atomic E-state index is 0.525. The number of hydrogen-bond acceptors (Lipinski definition) is 5. The molecule has 0 aliphatic carbocycles. The zero-order valence-electron chi connectivity index (χ0n) is 13.3. The van der Waals surface area contributed by atoms with Gasteiger partial charge in [-0.2, -0.15) is 0 Å². The summed E-state index contributed by atoms with van der Waals surface area (Å²) in [6, 6.07) is 4.19. The first-order chi connectivity index (χ1) is 10.3. The summed E-state index contributed by atoms with van der Waals surface area (Å²) in [4.78, 5) is 2.48. The fourth-order valence-electron chi connectivity index (χ4n) is 2.77. The molecule has 1 saturated heterocycles. The number of methoxy groups -OCH3 is 3. The van der Waals surface area contributed by atoms with Crippen molar-refractivity contribution in [3.05, 3.63) is 23.3 Å². The van der Waals surface area contributed by atoms with Gasteiger partial charge in [0.05, 0.1) is 20.8 Å². The third-order valence-electron chi connectivity index (χ3n) is 3.89. The second-order valence-electron chi connectivity index (χ2n) is 5.22. The van der Waals surface area contributed by atoms with Gasteiger partial charge in [0.2, 0.25) is 0 Å². The molecule has 5 nitrogen and oxygen atoms in total. The van der Waals surface area contributed by atoms with E-state index in [1.54, 1.807) is 21.3 Å². The molecule has 0 bridgehead atoms. The van der Waals surface area contributed by atoms with Crippen LogP contribution in [-0.2, 0) is 17.8 Å². The Labute approximate surface area is 127 Å². The summed E-state index contributed by atoms with van der Waals surface area (Å²) in [5, 5.41) is 3.37. The Kier molecular flexibility index (Phi) is 6.29. The van der Waals surface area contributed by atoms with Crippen LogP contribution in [0, 0.1) is 0 Å². The van der Waals surface area contributed by atoms with E-state index in [4.69, 9.17) is 14.2 Å². The van der Waals surface area contributed by atoms with E-state index in [1.165, 1.54) is 5.56 Å². The average molecular weight is 294 g/mol. The fraction of sp³-hybridized carbons (Fsp3) is 0.625. The molecule has 0 amide bonds. The highest BCUT2D eigenvalue weighted by molar-refractivity contribution is 5.52. The number of hydrogen-bond donors (Lipinski definition) is 1. The molecular weight excluding hydrogens is 268 g/mol. The van der Waals surface area contributed by atoms with E-state index in [-0.39, 0.29) is 0 Å². The maximum absolute atomic E-state index is 5.58. The Morgan fingerprint density at radius 1 is 1.00 bits per heavy atom. The molecule has 1 fully saturated rings. The molecule has 1 aromatic rings. The quantitative estimate of drug-likeness (QED) is 0.821. The van der Waals surface area contributed by atoms with Gasteiger partial charge in [-0.25, -0.2) is 0 Å². The molecule has 0 unspecified atom stereocenters. The van der Waals surface area contributed by atoms with E-state index in [0.29, 0.717) is 6.61 Å². The lowest BCUT2D eigenvalue weighted by molar-refractivity contribution is 0.180. The van der Waals surface area contributed by atoms with Crippen LogP contribution in [0.5, 0.6) is 11.5 Å². The van der Waals surface area contributed by atoms with Gasteiger partial charge in [-0.05, 0) is 12.0 Å². The molecule has 0 aromatic heterocycles. The first-order valence-corrected chi connectivity index (χ1v) is 7.45. The van der Waals surface area contributed by atoms with Crippen molar-refractivity contribution in [2.45, 2.75) is 13.0 Å². The lowest BCUT2D eigenvalue weighted by Crippen LogP contribution is -2.44. The number of ether oxygens (including phenoxy) is 3. The van der Waals surface area contributed by atoms with Crippen molar-refractivity contribution in [1.29, 1.82) is 0 Å². The lowest BCUT2D eigenvalue weighted by atomic mass is 10.1. The molecule has 1 aliphatic rings. The summed E-state index contributed by atoms with van der Waals surface area (Å²) in [5.41, 5.74) is 2.20. The van der Waals surface area contributed by atoms with Gasteiger partial charge >= 0.3 is 0 Å². The van der Waals surface area contributed by atoms with Gasteiger partial charge < -0.3 is 24.4 Å². The van der Waals surface area contributed by atoms with Gasteiger partial charge in [0.25, 0.3) is 0 Å². The van der Waals surface area contributed by atoms with Crippen LogP contribution in [-0.4, -0.2) is 59.0 Å². The largest absolute Gasteiger partial charge is 0.493 e. The van der Waals surface area contributed by atoms with Crippen LogP contribution in [0.1, 0.15) is 11.1 Å². The Hall–Kier alpha value is -1.30. The van der Waals surface area contributed by atoms with Crippen molar-refractivity contribution in [2.75, 3.05) is 54.1 Å². The van der Waals surface area contributed by atoms with Gasteiger partial charge in [0, 0.05) is 45.4 Å². The fourth-order valence-corrected chi connectivity index (χ4v) is 2.77. The molecular formula is C16H26N2O3. The normalized spacial score (nSPS) is 16.0. The van der Waals surface area contributed by atoms with Crippen LogP contribution in [0.15, 0.2) is 12.1 Å². The second kappa shape index (κ2) is 8.22. The SMILES string of the molecule is COCc1ccc(CCN2CCNCC2)c(OC)c1OC. The topological polar surface area (TPSA) is 43.0 Å². The number of nitrogens with one attached hydrogen (secondary N) is 1. The molecule has 1 N–H and O–H groups in total. The van der Waals surface area contributed by atoms with Crippen molar-refractivity contribution in [3.8, 4) is 11.5 Å². The van der Waals surface area contributed by atoms with Crippen LogP contribution < -0.4 is 14.8 Å². The molecule has 1 heterocycles. The van der Waals surface area contributed by atoms with Crippen LogP contribution >= 0.6 is 0 Å². The van der Waals surface area contributed by atoms with Crippen molar-refractivity contribution in [3.63, 3.8) is 0 Å². The maximum Gasteiger partial charge on any atom is 0.166 e. The standard InChI is InChI=1S/C16H26N2O3/c1-19-12-14-5-4-13(15(20-2)16(14)21-3)6-9-18-10-7-17-8-11-18/h4-5,17H,6-12H2,1-3H3. The summed E-state index contributed by atoms with van der Waals surface area (Å²) in [7, 11) is 5.06. The molecule has 1 aromatic carbocycles. The smallest absolute Gasteiger partial charge is 0.166 e. The van der Waals surface area contributed by atoms with Gasteiger partial charge in [0.15, 0.2) is 11.5 Å². The number of nitrogens with zero attached hydrogens (tertiary/aromatic N) is 1. The number of piperazine rings is 1. The molecule has 0 atom stereocenters. The highest BCUT2D eigenvalue weighted by Gasteiger charge is 2.16. The summed E-state index contributed by atoms with van der Waals surface area (Å²) in [5.74, 6) is 1.62. The maximum atomic E-state index is 5.58. The zero-order valence-corrected chi connectivity index (χ0v) is 13.3. The zero-order chi connectivity index (χ0) is 15.1. The highest BCUT2D eigenvalue weighted by atomic mass is 16.5. The van der Waals surface area contributed by atoms with Crippen LogP contribution in [0.2, 0.25) is 0 Å². The van der Waals surface area contributed by atoms with Gasteiger partial charge in [-0.3, -0.25) is 0 Å². The van der Waals surface area contributed by atoms with E-state index in [1.807, 2.05) is 0 Å². The minimum Gasteiger partial charge on any atom is -0.493 e. The average Bonchev–Trinajstić information content (AvgIpc) is 2.54. The first kappa shape index (κ1) is 16.1. The van der Waals surface area contributed by atoms with E-state index >= 15 is 0 Å². The second-order valence-corrected chi connectivity index (χ2v) is 5.22. The predicted molar refractivity (Wildman–Crippen MR) is 83.3 cm³/mol. The van der Waals surface area contributed by atoms with Crippen LogP contribution in [0.4, 0.5) is 0 Å². The Bertz CT molecular complexity index is 445. The molecule has 1 aliphatic heterocycles. The van der Waals surface area contributed by atoms with Crippen molar-refractivity contribution >= 4 is 0 Å². The Balaban J connectivity index is 2.10. The Morgan fingerprint density at radius 2 is 1.62 bits per heavy atom. The molecule has 0 saturated carbocycles. The number of benzene rings is 1. The number of rotatable bonds is 7. The molecule has 0 spiro atoms. The first-order valence-electron chi connectivity index (χ1n) is 7.45. The summed E-state index contributed by atoms with van der Waals surface area (Å²) >= 11 is 0. The predicted octanol–water partition coefficient (Wildman–Crippen LogP) is 1.30. The van der Waals surface area contributed by atoms with Crippen molar-refractivity contribution in [1.82, 2.24) is 10.2 Å². The van der Waals surface area contributed by atoms with Crippen LogP contribution in [0.3, 0.4) is 0 Å². The lowest BCUT2D eigenvalue weighted by Gasteiger charge is -2.27. The summed E-state index contributed by atoms with van der Waals surface area (Å²) in [6.45, 7) is 5.95. The van der Waals surface area contributed by atoms with Crippen molar-refractivity contribution < 1.29 is 14.2 Å². The molecule has 0 radical (unpaired) electrons. The van der Waals surface area contributed by atoms with E-state index in [9.17, 15) is 0 Å². The van der Waals surface area contributed by atoms with Crippen molar-refractivity contribution in [2.24, 2.45) is 0 Å². The minimum absolute atomic E-state index is 0.525. The highest BCUT2D eigenvalue weighted by Crippen LogP contribution is 2.35. The third kappa shape index (κ3) is 4.09. The van der Waals surface area contributed by atoms with E-state index in [2.05, 4.69) is 22.3 Å². The molecule has 2 rings (SSSR count). The van der Waals surface area contributed by atoms with E-state index in [0.717, 1.165) is 56.2 Å². The van der Waals surface area contributed by atoms with Gasteiger partial charge in [0.1, 0.15) is 0 Å². The third-order valence-corrected chi connectivity index (χ3v) is 3.89. The van der Waals surface area contributed by atoms with Gasteiger partial charge in [-0.15, -0.1) is 0 Å². The Morgan fingerprint density at radius 3 is 2.24 bits per heavy atom. The molecule has 21 heavy (non-hydrogen) atoms. The summed E-state index contributed by atoms with van der Waals surface area (Å²) in [6.07, 6.45) is 0.965. The molecule has 5 heteroatoms. The monoisotopic (exact) mass is 294 g/mol. The van der Waals surface area contributed by atoms with E-state index < -0.39 is 0 Å². The van der Waals surface area contributed by atoms with Gasteiger partial charge in [-0.1, -0.05) is 12.1 Å². The van der Waals surface area contributed by atoms with Crippen LogP contribution in [0.25, 0.3) is 0 Å². The summed E-state index contributed by atoms with van der Waals surface area (Å²) < 4.78 is 16.3. The molecule has 118 valence electrons.